The second-order valence-electron chi connectivity index (χ2n) is 7.32. The molecule has 0 saturated carbocycles. The number of piperazine rings is 1. The number of aromatic nitrogens is 2. The van der Waals surface area contributed by atoms with E-state index in [0.29, 0.717) is 29.7 Å². The second-order valence-corrected chi connectivity index (χ2v) is 7.72. The van der Waals surface area contributed by atoms with Gasteiger partial charge in [0.2, 0.25) is 5.91 Å². The van der Waals surface area contributed by atoms with Gasteiger partial charge in [0.05, 0.1) is 17.1 Å². The van der Waals surface area contributed by atoms with Crippen LogP contribution in [0.4, 0.5) is 0 Å². The van der Waals surface area contributed by atoms with Gasteiger partial charge in [0, 0.05) is 32.6 Å². The van der Waals surface area contributed by atoms with Crippen LogP contribution in [-0.4, -0.2) is 52.0 Å². The third-order valence-corrected chi connectivity index (χ3v) is 5.49. The van der Waals surface area contributed by atoms with E-state index in [1.165, 1.54) is 19.3 Å². The predicted octanol–water partition coefficient (Wildman–Crippen LogP) is 4.39. The van der Waals surface area contributed by atoms with Crippen LogP contribution in [0.1, 0.15) is 51.3 Å². The first-order valence-electron chi connectivity index (χ1n) is 10.2. The molecule has 6 nitrogen and oxygen atoms in total. The maximum atomic E-state index is 12.3. The van der Waals surface area contributed by atoms with Crippen LogP contribution in [-0.2, 0) is 11.3 Å². The van der Waals surface area contributed by atoms with E-state index in [9.17, 15) is 4.79 Å². The Morgan fingerprint density at radius 3 is 2.61 bits per heavy atom. The van der Waals surface area contributed by atoms with E-state index < -0.39 is 0 Å². The predicted molar refractivity (Wildman–Crippen MR) is 110 cm³/mol. The van der Waals surface area contributed by atoms with Gasteiger partial charge in [0.25, 0.3) is 5.89 Å². The highest BCUT2D eigenvalue weighted by Gasteiger charge is 2.22. The zero-order valence-corrected chi connectivity index (χ0v) is 17.3. The topological polar surface area (TPSA) is 62.5 Å². The Morgan fingerprint density at radius 1 is 1.11 bits per heavy atom. The molecule has 2 aromatic rings. The van der Waals surface area contributed by atoms with Gasteiger partial charge >= 0.3 is 0 Å². The highest BCUT2D eigenvalue weighted by molar-refractivity contribution is 6.33. The molecule has 1 fully saturated rings. The lowest BCUT2D eigenvalue weighted by Gasteiger charge is -2.34. The SMILES string of the molecule is CCCCCCCC(=O)N1CCN(Cc2noc(-c3ccccc3Cl)n2)CC1. The first-order chi connectivity index (χ1) is 13.7. The number of unbranched alkanes of at least 4 members (excludes halogenated alkanes) is 4. The summed E-state index contributed by atoms with van der Waals surface area (Å²) in [7, 11) is 0. The summed E-state index contributed by atoms with van der Waals surface area (Å²) in [5.74, 6) is 1.37. The summed E-state index contributed by atoms with van der Waals surface area (Å²) in [6.45, 7) is 6.02. The van der Waals surface area contributed by atoms with Crippen LogP contribution in [0.25, 0.3) is 11.5 Å². The molecule has 0 spiro atoms. The van der Waals surface area contributed by atoms with Gasteiger partial charge in [-0.25, -0.2) is 0 Å². The summed E-state index contributed by atoms with van der Waals surface area (Å²) in [6, 6.07) is 7.44. The number of amides is 1. The van der Waals surface area contributed by atoms with Gasteiger partial charge in [0.15, 0.2) is 5.82 Å². The molecule has 0 bridgehead atoms. The number of halogens is 1. The van der Waals surface area contributed by atoms with E-state index in [0.717, 1.165) is 44.6 Å². The van der Waals surface area contributed by atoms with Gasteiger partial charge in [-0.1, -0.05) is 61.5 Å². The lowest BCUT2D eigenvalue weighted by atomic mass is 10.1. The molecular formula is C21H29ClN4O2. The number of carbonyl (C=O) groups is 1. The fourth-order valence-electron chi connectivity index (χ4n) is 3.46. The highest BCUT2D eigenvalue weighted by Crippen LogP contribution is 2.26. The van der Waals surface area contributed by atoms with Crippen LogP contribution in [0.15, 0.2) is 28.8 Å². The molecule has 1 saturated heterocycles. The lowest BCUT2D eigenvalue weighted by Crippen LogP contribution is -2.48. The Kier molecular flexibility index (Phi) is 7.86. The molecule has 1 aliphatic rings. The molecule has 1 amide bonds. The molecule has 152 valence electrons. The van der Waals surface area contributed by atoms with Crippen molar-refractivity contribution in [3.8, 4) is 11.5 Å². The van der Waals surface area contributed by atoms with E-state index in [1.807, 2.05) is 23.1 Å². The molecule has 1 aromatic heterocycles. The van der Waals surface area contributed by atoms with Crippen molar-refractivity contribution < 1.29 is 9.32 Å². The Labute approximate surface area is 171 Å². The minimum Gasteiger partial charge on any atom is -0.340 e. The van der Waals surface area contributed by atoms with Gasteiger partial charge in [-0.3, -0.25) is 9.69 Å². The molecule has 28 heavy (non-hydrogen) atoms. The molecule has 0 unspecified atom stereocenters. The Morgan fingerprint density at radius 2 is 1.86 bits per heavy atom. The van der Waals surface area contributed by atoms with Gasteiger partial charge in [-0.05, 0) is 18.6 Å². The van der Waals surface area contributed by atoms with E-state index in [2.05, 4.69) is 22.0 Å². The van der Waals surface area contributed by atoms with Crippen LogP contribution < -0.4 is 0 Å². The molecule has 2 heterocycles. The van der Waals surface area contributed by atoms with Crippen molar-refractivity contribution >= 4 is 17.5 Å². The fourth-order valence-corrected chi connectivity index (χ4v) is 3.67. The fraction of sp³-hybridized carbons (Fsp3) is 0.571. The molecule has 1 aromatic carbocycles. The second kappa shape index (κ2) is 10.6. The standard InChI is InChI=1S/C21H29ClN4O2/c1-2-3-4-5-6-11-20(27)26-14-12-25(13-15-26)16-19-23-21(28-24-19)17-9-7-8-10-18(17)22/h7-10H,2-6,11-16H2,1H3. The number of carbonyl (C=O) groups excluding carboxylic acids is 1. The zero-order chi connectivity index (χ0) is 19.8. The first-order valence-corrected chi connectivity index (χ1v) is 10.6. The quantitative estimate of drug-likeness (QED) is 0.580. The number of hydrogen-bond acceptors (Lipinski definition) is 5. The smallest absolute Gasteiger partial charge is 0.259 e. The third kappa shape index (κ3) is 5.79. The highest BCUT2D eigenvalue weighted by atomic mass is 35.5. The summed E-state index contributed by atoms with van der Waals surface area (Å²) >= 11 is 6.19. The summed E-state index contributed by atoms with van der Waals surface area (Å²) in [4.78, 5) is 21.1. The van der Waals surface area contributed by atoms with E-state index >= 15 is 0 Å². The number of rotatable bonds is 9. The monoisotopic (exact) mass is 404 g/mol. The van der Waals surface area contributed by atoms with Gasteiger partial charge in [0.1, 0.15) is 0 Å². The van der Waals surface area contributed by atoms with Gasteiger partial charge in [-0.2, -0.15) is 4.98 Å². The number of benzene rings is 1. The Hall–Kier alpha value is -1.92. The summed E-state index contributed by atoms with van der Waals surface area (Å²) < 4.78 is 5.37. The van der Waals surface area contributed by atoms with E-state index in [1.54, 1.807) is 6.07 Å². The van der Waals surface area contributed by atoms with Crippen molar-refractivity contribution in [3.05, 3.63) is 35.1 Å². The van der Waals surface area contributed by atoms with Crippen LogP contribution >= 0.6 is 11.6 Å². The maximum absolute atomic E-state index is 12.3. The van der Waals surface area contributed by atoms with Crippen LogP contribution in [0, 0.1) is 0 Å². The molecule has 1 aliphatic heterocycles. The van der Waals surface area contributed by atoms with Crippen LogP contribution in [0.2, 0.25) is 5.02 Å². The summed E-state index contributed by atoms with van der Waals surface area (Å²) in [5, 5.41) is 4.68. The Bertz CT molecular complexity index is 756. The van der Waals surface area contributed by atoms with Crippen LogP contribution in [0.3, 0.4) is 0 Å². The van der Waals surface area contributed by atoms with Crippen molar-refractivity contribution in [2.75, 3.05) is 26.2 Å². The molecular weight excluding hydrogens is 376 g/mol. The average Bonchev–Trinajstić information content (AvgIpc) is 3.17. The van der Waals surface area contributed by atoms with E-state index in [4.69, 9.17) is 16.1 Å². The van der Waals surface area contributed by atoms with Crippen molar-refractivity contribution in [1.82, 2.24) is 19.9 Å². The molecule has 0 atom stereocenters. The zero-order valence-electron chi connectivity index (χ0n) is 16.6. The lowest BCUT2D eigenvalue weighted by molar-refractivity contribution is -0.133. The average molecular weight is 405 g/mol. The maximum Gasteiger partial charge on any atom is 0.259 e. The number of hydrogen-bond donors (Lipinski definition) is 0. The summed E-state index contributed by atoms with van der Waals surface area (Å²) in [5.41, 5.74) is 0.747. The molecule has 0 aliphatic carbocycles. The molecule has 3 rings (SSSR count). The first kappa shape index (κ1) is 20.8. The minimum absolute atomic E-state index is 0.289. The van der Waals surface area contributed by atoms with Crippen molar-refractivity contribution in [2.24, 2.45) is 0 Å². The number of nitrogens with zero attached hydrogens (tertiary/aromatic N) is 4. The van der Waals surface area contributed by atoms with Gasteiger partial charge in [-0.15, -0.1) is 0 Å². The van der Waals surface area contributed by atoms with Crippen LogP contribution in [0.5, 0.6) is 0 Å². The molecule has 0 N–H and O–H groups in total. The Balaban J connectivity index is 1.42. The van der Waals surface area contributed by atoms with Crippen molar-refractivity contribution in [2.45, 2.75) is 52.0 Å². The summed E-state index contributed by atoms with van der Waals surface area (Å²) in [6.07, 6.45) is 6.57. The largest absolute Gasteiger partial charge is 0.340 e. The van der Waals surface area contributed by atoms with Crippen molar-refractivity contribution in [1.29, 1.82) is 0 Å². The van der Waals surface area contributed by atoms with Gasteiger partial charge < -0.3 is 9.42 Å². The normalized spacial score (nSPS) is 15.1. The van der Waals surface area contributed by atoms with Crippen molar-refractivity contribution in [3.63, 3.8) is 0 Å². The molecule has 7 heteroatoms. The minimum atomic E-state index is 0.289. The van der Waals surface area contributed by atoms with E-state index in [-0.39, 0.29) is 5.91 Å². The third-order valence-electron chi connectivity index (χ3n) is 5.16. The molecule has 0 radical (unpaired) electrons.